The van der Waals surface area contributed by atoms with Gasteiger partial charge in [-0.25, -0.2) is 0 Å². The van der Waals surface area contributed by atoms with Gasteiger partial charge in [-0.1, -0.05) is 46.1 Å². The maximum atomic E-state index is 5.85. The molecule has 0 aliphatic carbocycles. The van der Waals surface area contributed by atoms with E-state index in [0.717, 1.165) is 25.7 Å². The van der Waals surface area contributed by atoms with Crippen LogP contribution in [0.5, 0.6) is 0 Å². The van der Waals surface area contributed by atoms with E-state index in [-0.39, 0.29) is 5.41 Å². The van der Waals surface area contributed by atoms with Crippen molar-refractivity contribution in [3.05, 3.63) is 12.7 Å². The minimum Gasteiger partial charge on any atom is -0.103 e. The van der Waals surface area contributed by atoms with Crippen molar-refractivity contribution in [2.45, 2.75) is 51.7 Å². The summed E-state index contributed by atoms with van der Waals surface area (Å²) < 4.78 is 0. The van der Waals surface area contributed by atoms with E-state index >= 15 is 0 Å². The van der Waals surface area contributed by atoms with Gasteiger partial charge in [-0.05, 0) is 11.8 Å². The van der Waals surface area contributed by atoms with Crippen molar-refractivity contribution >= 4 is 15.7 Å². The van der Waals surface area contributed by atoms with E-state index in [4.69, 9.17) is 15.7 Å². The second kappa shape index (κ2) is 4.93. The molecule has 13 heavy (non-hydrogen) atoms. The van der Waals surface area contributed by atoms with E-state index in [1.807, 2.05) is 13.0 Å². The Morgan fingerprint density at radius 1 is 1.23 bits per heavy atom. The van der Waals surface area contributed by atoms with Crippen LogP contribution in [0.3, 0.4) is 0 Å². The third-order valence-corrected chi connectivity index (χ3v) is 2.83. The largest absolute Gasteiger partial charge is 0.103 e. The summed E-state index contributed by atoms with van der Waals surface area (Å²) in [6.07, 6.45) is 6.06. The highest BCUT2D eigenvalue weighted by atomic mass is 14.3. The topological polar surface area (TPSA) is 0 Å². The van der Waals surface area contributed by atoms with Gasteiger partial charge in [0.15, 0.2) is 0 Å². The van der Waals surface area contributed by atoms with Gasteiger partial charge in [0.1, 0.15) is 0 Å². The maximum absolute atomic E-state index is 5.85. The van der Waals surface area contributed by atoms with E-state index in [2.05, 4.69) is 20.4 Å². The Kier molecular flexibility index (Phi) is 4.88. The molecule has 0 nitrogen and oxygen atoms in total. The van der Waals surface area contributed by atoms with Gasteiger partial charge in [0, 0.05) is 0 Å². The van der Waals surface area contributed by atoms with Crippen LogP contribution >= 0.6 is 0 Å². The zero-order valence-electron chi connectivity index (χ0n) is 9.27. The Bertz CT molecular complexity index is 152. The molecule has 0 aromatic heterocycles. The summed E-state index contributed by atoms with van der Waals surface area (Å²) in [5.41, 5.74) is 0.250. The van der Waals surface area contributed by atoms with Crippen LogP contribution in [0.4, 0.5) is 0 Å². The highest BCUT2D eigenvalue weighted by molar-refractivity contribution is 6.39. The van der Waals surface area contributed by atoms with Crippen molar-refractivity contribution in [2.24, 2.45) is 5.41 Å². The van der Waals surface area contributed by atoms with Crippen molar-refractivity contribution < 1.29 is 0 Å². The van der Waals surface area contributed by atoms with Crippen LogP contribution in [0.1, 0.15) is 46.5 Å². The van der Waals surface area contributed by atoms with Crippen LogP contribution in [0, 0.1) is 5.41 Å². The van der Waals surface area contributed by atoms with E-state index in [1.165, 1.54) is 0 Å². The molecule has 0 atom stereocenters. The van der Waals surface area contributed by atoms with Crippen molar-refractivity contribution in [3.8, 4) is 0 Å². The molecule has 70 valence electrons. The van der Waals surface area contributed by atoms with E-state index < -0.39 is 5.21 Å². The molecule has 0 amide bonds. The lowest BCUT2D eigenvalue weighted by atomic mass is 9.49. The van der Waals surface area contributed by atoms with Gasteiger partial charge in [-0.15, -0.1) is 11.8 Å². The monoisotopic (exact) mass is 174 g/mol. The summed E-state index contributed by atoms with van der Waals surface area (Å²) >= 11 is 0. The molecule has 0 rings (SSSR count). The Morgan fingerprint density at radius 2 is 1.69 bits per heavy atom. The molecule has 0 spiro atoms. The molecular formula is C11H20B2. The molecule has 2 heteroatoms. The van der Waals surface area contributed by atoms with E-state index in [9.17, 15) is 0 Å². The highest BCUT2D eigenvalue weighted by Crippen LogP contribution is 2.42. The SMILES string of the molecule is [B]C([B])(C)CC(CC)(CC)CC=C. The average Bonchev–Trinajstić information content (AvgIpc) is 2.01. The molecule has 0 unspecified atom stereocenters. The van der Waals surface area contributed by atoms with E-state index in [0.29, 0.717) is 0 Å². The summed E-state index contributed by atoms with van der Waals surface area (Å²) in [5.74, 6) is 0. The van der Waals surface area contributed by atoms with Gasteiger partial charge < -0.3 is 0 Å². The number of hydrogen-bond acceptors (Lipinski definition) is 0. The van der Waals surface area contributed by atoms with Gasteiger partial charge in [-0.3, -0.25) is 0 Å². The van der Waals surface area contributed by atoms with Gasteiger partial charge >= 0.3 is 0 Å². The average molecular weight is 174 g/mol. The van der Waals surface area contributed by atoms with Crippen LogP contribution in [-0.4, -0.2) is 15.7 Å². The quantitative estimate of drug-likeness (QED) is 0.428. The summed E-state index contributed by atoms with van der Waals surface area (Å²) in [7, 11) is 11.7. The molecule has 4 radical (unpaired) electrons. The van der Waals surface area contributed by atoms with Gasteiger partial charge in [0.25, 0.3) is 0 Å². The molecular weight excluding hydrogens is 154 g/mol. The molecule has 0 heterocycles. The highest BCUT2D eigenvalue weighted by Gasteiger charge is 2.29. The van der Waals surface area contributed by atoms with Gasteiger partial charge in [0.2, 0.25) is 0 Å². The molecule has 0 aliphatic heterocycles. The molecule has 0 aliphatic rings. The zero-order chi connectivity index (χ0) is 10.5. The first kappa shape index (κ1) is 12.9. The normalized spacial score (nSPS) is 12.8. The lowest BCUT2D eigenvalue weighted by Gasteiger charge is -2.37. The molecule has 0 saturated heterocycles. The lowest BCUT2D eigenvalue weighted by molar-refractivity contribution is 0.232. The number of allylic oxidation sites excluding steroid dienone is 1. The Balaban J connectivity index is 4.47. The summed E-state index contributed by atoms with van der Waals surface area (Å²) in [4.78, 5) is 0. The molecule has 0 bridgehead atoms. The predicted octanol–water partition coefficient (Wildman–Crippen LogP) is 3.23. The first-order valence-electron chi connectivity index (χ1n) is 5.08. The van der Waals surface area contributed by atoms with Crippen LogP contribution in [0.2, 0.25) is 5.21 Å². The maximum Gasteiger partial charge on any atom is 0.0617 e. The summed E-state index contributed by atoms with van der Waals surface area (Å²) in [6, 6.07) is 0. The second-order valence-corrected chi connectivity index (χ2v) is 4.38. The zero-order valence-corrected chi connectivity index (χ0v) is 9.27. The predicted molar refractivity (Wildman–Crippen MR) is 62.3 cm³/mol. The van der Waals surface area contributed by atoms with Crippen LogP contribution in [-0.2, 0) is 0 Å². The molecule has 0 fully saturated rings. The standard InChI is InChI=1S/C11H20B2/c1-5-8-11(6-2,7-3)9-10(4,12)13/h5H,1,6-9H2,2-4H3. The fourth-order valence-corrected chi connectivity index (χ4v) is 1.98. The van der Waals surface area contributed by atoms with E-state index in [1.54, 1.807) is 0 Å². The van der Waals surface area contributed by atoms with Gasteiger partial charge in [0.05, 0.1) is 15.7 Å². The van der Waals surface area contributed by atoms with Crippen LogP contribution < -0.4 is 0 Å². The van der Waals surface area contributed by atoms with Crippen molar-refractivity contribution in [2.75, 3.05) is 0 Å². The first-order valence-corrected chi connectivity index (χ1v) is 5.08. The smallest absolute Gasteiger partial charge is 0.0617 e. The summed E-state index contributed by atoms with van der Waals surface area (Å²) in [6.45, 7) is 10.1. The number of rotatable bonds is 6. The molecule has 0 N–H and O–H groups in total. The Hall–Kier alpha value is -0.130. The Morgan fingerprint density at radius 3 is 1.92 bits per heavy atom. The minimum atomic E-state index is -0.560. The van der Waals surface area contributed by atoms with Crippen LogP contribution in [0.25, 0.3) is 0 Å². The van der Waals surface area contributed by atoms with Crippen molar-refractivity contribution in [1.29, 1.82) is 0 Å². The lowest BCUT2D eigenvalue weighted by Crippen LogP contribution is -2.25. The fourth-order valence-electron chi connectivity index (χ4n) is 1.98. The molecule has 0 saturated carbocycles. The summed E-state index contributed by atoms with van der Waals surface area (Å²) in [5, 5.41) is -0.560. The third kappa shape index (κ3) is 4.59. The third-order valence-electron chi connectivity index (χ3n) is 2.83. The van der Waals surface area contributed by atoms with Crippen molar-refractivity contribution in [1.82, 2.24) is 0 Å². The molecule has 0 aromatic rings. The first-order chi connectivity index (χ1) is 5.89. The second-order valence-electron chi connectivity index (χ2n) is 4.38. The van der Waals surface area contributed by atoms with Crippen LogP contribution in [0.15, 0.2) is 12.7 Å². The van der Waals surface area contributed by atoms with Gasteiger partial charge in [-0.2, -0.15) is 0 Å². The molecule has 0 aromatic carbocycles. The number of hydrogen-bond donors (Lipinski definition) is 0. The Labute approximate surface area is 86.0 Å². The van der Waals surface area contributed by atoms with Crippen molar-refractivity contribution in [3.63, 3.8) is 0 Å². The minimum absolute atomic E-state index is 0.250. The fraction of sp³-hybridized carbons (Fsp3) is 0.818.